The molecule has 1 amide bonds. The van der Waals surface area contributed by atoms with Crippen molar-refractivity contribution in [3.05, 3.63) is 17.5 Å². The van der Waals surface area contributed by atoms with Crippen molar-refractivity contribution in [3.8, 4) is 0 Å². The number of nitrogens with zero attached hydrogens (tertiary/aromatic N) is 1. The number of hydrogen-bond acceptors (Lipinski definition) is 2. The van der Waals surface area contributed by atoms with Gasteiger partial charge >= 0.3 is 0 Å². The fraction of sp³-hybridized carbons (Fsp3) is 0.692. The number of aromatic nitrogens is 2. The van der Waals surface area contributed by atoms with E-state index in [1.807, 2.05) is 13.1 Å². The number of amides is 1. The van der Waals surface area contributed by atoms with Gasteiger partial charge in [-0.3, -0.25) is 9.89 Å². The second kappa shape index (κ2) is 7.09. The van der Waals surface area contributed by atoms with E-state index in [-0.39, 0.29) is 5.91 Å². The summed E-state index contributed by atoms with van der Waals surface area (Å²) in [5.74, 6) is 0.648. The minimum Gasteiger partial charge on any atom is -0.356 e. The molecule has 0 saturated heterocycles. The van der Waals surface area contributed by atoms with Crippen molar-refractivity contribution in [3.63, 3.8) is 0 Å². The molecule has 0 aliphatic heterocycles. The van der Waals surface area contributed by atoms with Crippen LogP contribution in [0.25, 0.3) is 0 Å². The largest absolute Gasteiger partial charge is 0.356 e. The summed E-state index contributed by atoms with van der Waals surface area (Å²) in [5, 5.41) is 9.85. The molecule has 17 heavy (non-hydrogen) atoms. The summed E-state index contributed by atoms with van der Waals surface area (Å²) in [6.45, 7) is 6.98. The standard InChI is InChI=1S/C13H23N3O/c1-4-10(2)8-13(17)14-7-5-6-12-9-15-16-11(12)3/h9-10H,4-8H2,1-3H3,(H,14,17)(H,15,16). The zero-order valence-corrected chi connectivity index (χ0v) is 11.0. The summed E-state index contributed by atoms with van der Waals surface area (Å²) in [6.07, 6.45) is 5.48. The number of carbonyl (C=O) groups is 1. The van der Waals surface area contributed by atoms with E-state index in [2.05, 4.69) is 29.4 Å². The van der Waals surface area contributed by atoms with E-state index in [1.165, 1.54) is 5.56 Å². The van der Waals surface area contributed by atoms with Crippen LogP contribution in [-0.2, 0) is 11.2 Å². The van der Waals surface area contributed by atoms with E-state index < -0.39 is 0 Å². The van der Waals surface area contributed by atoms with Crippen LogP contribution in [0.3, 0.4) is 0 Å². The minimum absolute atomic E-state index is 0.170. The second-order valence-electron chi connectivity index (χ2n) is 4.69. The molecule has 0 aliphatic carbocycles. The van der Waals surface area contributed by atoms with Crippen LogP contribution in [-0.4, -0.2) is 22.6 Å². The first-order valence-electron chi connectivity index (χ1n) is 6.39. The molecule has 0 radical (unpaired) electrons. The molecule has 2 N–H and O–H groups in total. The third kappa shape index (κ3) is 5.02. The van der Waals surface area contributed by atoms with Gasteiger partial charge in [-0.1, -0.05) is 20.3 Å². The Morgan fingerprint density at radius 3 is 2.94 bits per heavy atom. The molecule has 96 valence electrons. The Bertz CT molecular complexity index is 346. The highest BCUT2D eigenvalue weighted by Crippen LogP contribution is 2.07. The van der Waals surface area contributed by atoms with E-state index in [0.29, 0.717) is 12.3 Å². The van der Waals surface area contributed by atoms with E-state index in [1.54, 1.807) is 0 Å². The summed E-state index contributed by atoms with van der Waals surface area (Å²) >= 11 is 0. The highest BCUT2D eigenvalue weighted by atomic mass is 16.1. The maximum atomic E-state index is 11.5. The van der Waals surface area contributed by atoms with Crippen LogP contribution in [0.4, 0.5) is 0 Å². The SMILES string of the molecule is CCC(C)CC(=O)NCCCc1cn[nH]c1C. The molecule has 1 rings (SSSR count). The Morgan fingerprint density at radius 1 is 1.59 bits per heavy atom. The fourth-order valence-corrected chi connectivity index (χ4v) is 1.67. The minimum atomic E-state index is 0.170. The highest BCUT2D eigenvalue weighted by Gasteiger charge is 2.06. The van der Waals surface area contributed by atoms with Crippen LogP contribution in [0.15, 0.2) is 6.20 Å². The van der Waals surface area contributed by atoms with Crippen LogP contribution in [0.1, 0.15) is 44.4 Å². The van der Waals surface area contributed by atoms with Crippen LogP contribution in [0.2, 0.25) is 0 Å². The Kier molecular flexibility index (Phi) is 5.73. The summed E-state index contributed by atoms with van der Waals surface area (Å²) < 4.78 is 0. The van der Waals surface area contributed by atoms with E-state index in [9.17, 15) is 4.79 Å². The molecular formula is C13H23N3O. The molecule has 1 unspecified atom stereocenters. The van der Waals surface area contributed by atoms with Gasteiger partial charge in [-0.25, -0.2) is 0 Å². The number of carbonyl (C=O) groups excluding carboxylic acids is 1. The number of nitrogens with one attached hydrogen (secondary N) is 2. The van der Waals surface area contributed by atoms with Gasteiger partial charge in [0.15, 0.2) is 0 Å². The topological polar surface area (TPSA) is 57.8 Å². The summed E-state index contributed by atoms with van der Waals surface area (Å²) in [7, 11) is 0. The lowest BCUT2D eigenvalue weighted by molar-refractivity contribution is -0.121. The normalized spacial score (nSPS) is 12.4. The van der Waals surface area contributed by atoms with Crippen molar-refractivity contribution in [2.75, 3.05) is 6.54 Å². The Balaban J connectivity index is 2.12. The Hall–Kier alpha value is -1.32. The van der Waals surface area contributed by atoms with Gasteiger partial charge in [-0.2, -0.15) is 5.10 Å². The first-order valence-corrected chi connectivity index (χ1v) is 6.39. The maximum Gasteiger partial charge on any atom is 0.220 e. The molecule has 1 heterocycles. The maximum absolute atomic E-state index is 11.5. The van der Waals surface area contributed by atoms with Crippen LogP contribution >= 0.6 is 0 Å². The lowest BCUT2D eigenvalue weighted by Crippen LogP contribution is -2.26. The molecule has 1 aromatic rings. The van der Waals surface area contributed by atoms with Crippen molar-refractivity contribution < 1.29 is 4.79 Å². The molecule has 4 heteroatoms. The zero-order chi connectivity index (χ0) is 12.7. The quantitative estimate of drug-likeness (QED) is 0.714. The first kappa shape index (κ1) is 13.7. The first-order chi connectivity index (χ1) is 8.13. The van der Waals surface area contributed by atoms with Crippen molar-refractivity contribution >= 4 is 5.91 Å². The molecule has 0 fully saturated rings. The lowest BCUT2D eigenvalue weighted by Gasteiger charge is -2.08. The predicted molar refractivity (Wildman–Crippen MR) is 68.7 cm³/mol. The van der Waals surface area contributed by atoms with Gasteiger partial charge in [0, 0.05) is 18.7 Å². The molecule has 0 spiro atoms. The summed E-state index contributed by atoms with van der Waals surface area (Å²) in [5.41, 5.74) is 2.36. The number of aromatic amines is 1. The van der Waals surface area contributed by atoms with Gasteiger partial charge in [0.1, 0.15) is 0 Å². The molecule has 0 aliphatic rings. The van der Waals surface area contributed by atoms with E-state index >= 15 is 0 Å². The van der Waals surface area contributed by atoms with Gasteiger partial charge in [-0.15, -0.1) is 0 Å². The van der Waals surface area contributed by atoms with Crippen LogP contribution < -0.4 is 5.32 Å². The van der Waals surface area contributed by atoms with E-state index in [0.717, 1.165) is 31.5 Å². The number of hydrogen-bond donors (Lipinski definition) is 2. The monoisotopic (exact) mass is 237 g/mol. The van der Waals surface area contributed by atoms with E-state index in [4.69, 9.17) is 0 Å². The van der Waals surface area contributed by atoms with Crippen molar-refractivity contribution in [2.45, 2.75) is 46.5 Å². The van der Waals surface area contributed by atoms with Crippen LogP contribution in [0.5, 0.6) is 0 Å². The average molecular weight is 237 g/mol. The van der Waals surface area contributed by atoms with Crippen LogP contribution in [0, 0.1) is 12.8 Å². The van der Waals surface area contributed by atoms with Gasteiger partial charge in [0.2, 0.25) is 5.91 Å². The molecule has 4 nitrogen and oxygen atoms in total. The average Bonchev–Trinajstić information content (AvgIpc) is 2.70. The van der Waals surface area contributed by atoms with Gasteiger partial charge in [0.25, 0.3) is 0 Å². The highest BCUT2D eigenvalue weighted by molar-refractivity contribution is 5.76. The molecule has 0 aromatic carbocycles. The third-order valence-corrected chi connectivity index (χ3v) is 3.11. The number of rotatable bonds is 7. The molecule has 1 aromatic heterocycles. The van der Waals surface area contributed by atoms with Crippen molar-refractivity contribution in [1.29, 1.82) is 0 Å². The Morgan fingerprint density at radius 2 is 2.35 bits per heavy atom. The zero-order valence-electron chi connectivity index (χ0n) is 11.0. The number of aryl methyl sites for hydroxylation is 2. The smallest absolute Gasteiger partial charge is 0.220 e. The van der Waals surface area contributed by atoms with Crippen molar-refractivity contribution in [2.24, 2.45) is 5.92 Å². The molecular weight excluding hydrogens is 214 g/mol. The predicted octanol–water partition coefficient (Wildman–Crippen LogP) is 2.20. The summed E-state index contributed by atoms with van der Waals surface area (Å²) in [4.78, 5) is 11.5. The molecule has 0 saturated carbocycles. The van der Waals surface area contributed by atoms with Gasteiger partial charge in [-0.05, 0) is 31.2 Å². The molecule has 0 bridgehead atoms. The Labute approximate surface area is 103 Å². The van der Waals surface area contributed by atoms with Crippen molar-refractivity contribution in [1.82, 2.24) is 15.5 Å². The lowest BCUT2D eigenvalue weighted by atomic mass is 10.1. The molecule has 1 atom stereocenters. The summed E-state index contributed by atoms with van der Waals surface area (Å²) in [6, 6.07) is 0. The second-order valence-corrected chi connectivity index (χ2v) is 4.69. The fourth-order valence-electron chi connectivity index (χ4n) is 1.67. The number of H-pyrrole nitrogens is 1. The third-order valence-electron chi connectivity index (χ3n) is 3.11. The van der Waals surface area contributed by atoms with Gasteiger partial charge in [0.05, 0.1) is 6.20 Å². The van der Waals surface area contributed by atoms with Gasteiger partial charge < -0.3 is 5.32 Å².